The highest BCUT2D eigenvalue weighted by Crippen LogP contribution is 1.98. The first-order chi connectivity index (χ1) is 8.75. The average molecular weight is 276 g/mol. The number of hydrogen-bond donors (Lipinski definition) is 5. The van der Waals surface area contributed by atoms with E-state index in [1.807, 2.05) is 0 Å². The Hall–Kier alpha value is -1.67. The summed E-state index contributed by atoms with van der Waals surface area (Å²) in [5.74, 6) is -2.52. The van der Waals surface area contributed by atoms with Gasteiger partial charge in [0, 0.05) is 6.54 Å². The van der Waals surface area contributed by atoms with Crippen LogP contribution in [0.3, 0.4) is 0 Å². The Labute approximate surface area is 110 Å². The summed E-state index contributed by atoms with van der Waals surface area (Å²) in [6, 6.07) is -1.12. The summed E-state index contributed by atoms with van der Waals surface area (Å²) in [6.07, 6.45) is -1.98. The first-order valence-corrected chi connectivity index (χ1v) is 5.92. The van der Waals surface area contributed by atoms with Crippen LogP contribution in [0.15, 0.2) is 0 Å². The number of aliphatic hydroxyl groups excluding tert-OH is 2. The maximum absolute atomic E-state index is 11.2. The Kier molecular flexibility index (Phi) is 7.69. The molecule has 0 rings (SSSR count). The third kappa shape index (κ3) is 7.37. The SMILES string of the molecule is C[C@H](O)C(=O)NCCC[C@H](NC(=O)[C@H](C)O)C(=O)O. The molecular formula is C11H20N2O6. The quantitative estimate of drug-likeness (QED) is 0.332. The number of amides is 2. The van der Waals surface area contributed by atoms with Crippen LogP contribution in [0.4, 0.5) is 0 Å². The molecule has 2 amide bonds. The number of carbonyl (C=O) groups excluding carboxylic acids is 2. The highest BCUT2D eigenvalue weighted by molar-refractivity contribution is 5.85. The lowest BCUT2D eigenvalue weighted by Crippen LogP contribution is -2.45. The average Bonchev–Trinajstić information content (AvgIpc) is 2.31. The van der Waals surface area contributed by atoms with Crippen molar-refractivity contribution in [3.05, 3.63) is 0 Å². The van der Waals surface area contributed by atoms with E-state index in [-0.39, 0.29) is 13.0 Å². The monoisotopic (exact) mass is 276 g/mol. The summed E-state index contributed by atoms with van der Waals surface area (Å²) in [7, 11) is 0. The van der Waals surface area contributed by atoms with Crippen molar-refractivity contribution >= 4 is 17.8 Å². The van der Waals surface area contributed by atoms with E-state index in [9.17, 15) is 14.4 Å². The van der Waals surface area contributed by atoms with E-state index >= 15 is 0 Å². The number of aliphatic carboxylic acids is 1. The standard InChI is InChI=1S/C11H20N2O6/c1-6(14)9(16)12-5-3-4-8(11(18)19)13-10(17)7(2)15/h6-8,14-15H,3-5H2,1-2H3,(H,12,16)(H,13,17)(H,18,19)/t6-,7-,8-/m0/s1. The van der Waals surface area contributed by atoms with Gasteiger partial charge in [0.2, 0.25) is 11.8 Å². The molecule has 0 unspecified atom stereocenters. The number of carboxylic acid groups (broad SMARTS) is 1. The fourth-order valence-corrected chi connectivity index (χ4v) is 1.22. The number of carbonyl (C=O) groups is 3. The number of hydrogen-bond acceptors (Lipinski definition) is 5. The van der Waals surface area contributed by atoms with Crippen molar-refractivity contribution in [3.8, 4) is 0 Å². The first-order valence-electron chi connectivity index (χ1n) is 5.92. The van der Waals surface area contributed by atoms with Crippen molar-refractivity contribution in [2.75, 3.05) is 6.54 Å². The Balaban J connectivity index is 4.06. The van der Waals surface area contributed by atoms with Gasteiger partial charge in [0.1, 0.15) is 18.2 Å². The predicted molar refractivity (Wildman–Crippen MR) is 65.2 cm³/mol. The minimum atomic E-state index is -1.28. The Morgan fingerprint density at radius 2 is 1.58 bits per heavy atom. The van der Waals surface area contributed by atoms with E-state index in [1.165, 1.54) is 13.8 Å². The van der Waals surface area contributed by atoms with Crippen molar-refractivity contribution < 1.29 is 29.7 Å². The summed E-state index contributed by atoms with van der Waals surface area (Å²) in [4.78, 5) is 33.0. The van der Waals surface area contributed by atoms with Gasteiger partial charge in [-0.25, -0.2) is 4.79 Å². The molecule has 0 aliphatic heterocycles. The third-order valence-electron chi connectivity index (χ3n) is 2.34. The van der Waals surface area contributed by atoms with Crippen LogP contribution >= 0.6 is 0 Å². The second-order valence-electron chi connectivity index (χ2n) is 4.18. The van der Waals surface area contributed by atoms with Crippen LogP contribution in [0.1, 0.15) is 26.7 Å². The van der Waals surface area contributed by atoms with Gasteiger partial charge in [-0.1, -0.05) is 0 Å². The topological polar surface area (TPSA) is 136 Å². The van der Waals surface area contributed by atoms with Crippen LogP contribution in [0.2, 0.25) is 0 Å². The van der Waals surface area contributed by atoms with E-state index in [0.717, 1.165) is 0 Å². The second kappa shape index (κ2) is 8.44. The van der Waals surface area contributed by atoms with Gasteiger partial charge in [0.05, 0.1) is 0 Å². The number of nitrogens with one attached hydrogen (secondary N) is 2. The van der Waals surface area contributed by atoms with E-state index in [4.69, 9.17) is 15.3 Å². The third-order valence-corrected chi connectivity index (χ3v) is 2.34. The minimum Gasteiger partial charge on any atom is -0.480 e. The molecule has 0 fully saturated rings. The van der Waals surface area contributed by atoms with Crippen molar-refractivity contribution in [3.63, 3.8) is 0 Å². The molecule has 0 aliphatic carbocycles. The molecule has 0 aliphatic rings. The summed E-state index contributed by atoms with van der Waals surface area (Å²) in [5.41, 5.74) is 0. The fourth-order valence-electron chi connectivity index (χ4n) is 1.22. The molecule has 0 aromatic rings. The Bertz CT molecular complexity index is 329. The summed E-state index contributed by atoms with van der Waals surface area (Å²) in [5, 5.41) is 31.3. The van der Waals surface area contributed by atoms with Crippen molar-refractivity contribution in [1.82, 2.24) is 10.6 Å². The Morgan fingerprint density at radius 1 is 1.05 bits per heavy atom. The van der Waals surface area contributed by atoms with Gasteiger partial charge in [0.25, 0.3) is 0 Å². The molecule has 0 saturated heterocycles. The van der Waals surface area contributed by atoms with Gasteiger partial charge in [-0.05, 0) is 26.7 Å². The van der Waals surface area contributed by atoms with Gasteiger partial charge >= 0.3 is 5.97 Å². The molecular weight excluding hydrogens is 256 g/mol. The van der Waals surface area contributed by atoms with E-state index in [1.54, 1.807) is 0 Å². The summed E-state index contributed by atoms with van der Waals surface area (Å²) in [6.45, 7) is 2.74. The molecule has 110 valence electrons. The highest BCUT2D eigenvalue weighted by Gasteiger charge is 2.21. The van der Waals surface area contributed by atoms with E-state index < -0.39 is 36.0 Å². The zero-order valence-corrected chi connectivity index (χ0v) is 10.9. The van der Waals surface area contributed by atoms with Crippen molar-refractivity contribution in [2.45, 2.75) is 44.9 Å². The second-order valence-corrected chi connectivity index (χ2v) is 4.18. The minimum absolute atomic E-state index is 0.105. The fraction of sp³-hybridized carbons (Fsp3) is 0.727. The van der Waals surface area contributed by atoms with Crippen LogP contribution in [0.25, 0.3) is 0 Å². The molecule has 0 radical (unpaired) electrons. The summed E-state index contributed by atoms with van der Waals surface area (Å²) >= 11 is 0. The molecule has 5 N–H and O–H groups in total. The van der Waals surface area contributed by atoms with Gasteiger partial charge in [0.15, 0.2) is 0 Å². The molecule has 0 saturated carbocycles. The van der Waals surface area contributed by atoms with Crippen LogP contribution in [-0.2, 0) is 14.4 Å². The molecule has 0 aromatic heterocycles. The molecule has 0 aromatic carbocycles. The number of rotatable bonds is 8. The summed E-state index contributed by atoms with van der Waals surface area (Å²) < 4.78 is 0. The van der Waals surface area contributed by atoms with Crippen LogP contribution < -0.4 is 10.6 Å². The smallest absolute Gasteiger partial charge is 0.326 e. The maximum atomic E-state index is 11.2. The maximum Gasteiger partial charge on any atom is 0.326 e. The normalized spacial score (nSPS) is 15.2. The molecule has 0 spiro atoms. The van der Waals surface area contributed by atoms with Gasteiger partial charge in [-0.2, -0.15) is 0 Å². The van der Waals surface area contributed by atoms with Crippen molar-refractivity contribution in [1.29, 1.82) is 0 Å². The van der Waals surface area contributed by atoms with E-state index in [0.29, 0.717) is 6.42 Å². The van der Waals surface area contributed by atoms with Crippen LogP contribution in [0, 0.1) is 0 Å². The number of carboxylic acids is 1. The molecule has 19 heavy (non-hydrogen) atoms. The van der Waals surface area contributed by atoms with E-state index in [2.05, 4.69) is 10.6 Å². The van der Waals surface area contributed by atoms with Crippen LogP contribution in [0.5, 0.6) is 0 Å². The van der Waals surface area contributed by atoms with Crippen molar-refractivity contribution in [2.24, 2.45) is 0 Å². The molecule has 0 heterocycles. The molecule has 8 nitrogen and oxygen atoms in total. The largest absolute Gasteiger partial charge is 0.480 e. The zero-order chi connectivity index (χ0) is 15.0. The van der Waals surface area contributed by atoms with Gasteiger partial charge in [-0.15, -0.1) is 0 Å². The number of aliphatic hydroxyl groups is 2. The van der Waals surface area contributed by atoms with Crippen LogP contribution in [-0.4, -0.2) is 57.9 Å². The highest BCUT2D eigenvalue weighted by atomic mass is 16.4. The predicted octanol–water partition coefficient (Wildman–Crippen LogP) is -1.79. The van der Waals surface area contributed by atoms with Gasteiger partial charge in [-0.3, -0.25) is 9.59 Å². The lowest BCUT2D eigenvalue weighted by atomic mass is 10.1. The van der Waals surface area contributed by atoms with Gasteiger partial charge < -0.3 is 26.0 Å². The molecule has 8 heteroatoms. The molecule has 3 atom stereocenters. The first kappa shape index (κ1) is 17.3. The molecule has 0 bridgehead atoms. The lowest BCUT2D eigenvalue weighted by Gasteiger charge is -2.15. The zero-order valence-electron chi connectivity index (χ0n) is 10.9. The Morgan fingerprint density at radius 3 is 2.00 bits per heavy atom. The lowest BCUT2D eigenvalue weighted by molar-refractivity contribution is -0.143.